The first kappa shape index (κ1) is 14.1. The van der Waals surface area contributed by atoms with E-state index < -0.39 is 0 Å². The van der Waals surface area contributed by atoms with E-state index in [1.54, 1.807) is 7.11 Å². The van der Waals surface area contributed by atoms with Gasteiger partial charge in [0, 0.05) is 11.5 Å². The van der Waals surface area contributed by atoms with Crippen LogP contribution in [0.15, 0.2) is 54.6 Å². The van der Waals surface area contributed by atoms with Gasteiger partial charge in [-0.25, -0.2) is 0 Å². The zero-order chi connectivity index (χ0) is 14.5. The molecule has 0 unspecified atom stereocenters. The topological polar surface area (TPSA) is 27.7 Å². The molecule has 1 heterocycles. The maximum Gasteiger partial charge on any atom is 0.183 e. The lowest BCUT2D eigenvalue weighted by molar-refractivity contribution is -0.204. The summed E-state index contributed by atoms with van der Waals surface area (Å²) in [5, 5.41) is 0. The van der Waals surface area contributed by atoms with Gasteiger partial charge >= 0.3 is 0 Å². The van der Waals surface area contributed by atoms with Gasteiger partial charge in [-0.3, -0.25) is 0 Å². The van der Waals surface area contributed by atoms with Gasteiger partial charge in [-0.15, -0.1) is 0 Å². The summed E-state index contributed by atoms with van der Waals surface area (Å²) < 4.78 is 16.9. The molecule has 0 aliphatic carbocycles. The average molecular weight is 284 g/mol. The maximum absolute atomic E-state index is 5.86. The standard InChI is InChI=1S/C18H20O3/c1-19-17-9-7-16(8-10-17)18-20-12-15(13-21-18)11-14-5-3-2-4-6-14/h2-10,15,18H,11-13H2,1H3. The van der Waals surface area contributed by atoms with E-state index in [1.165, 1.54) is 5.56 Å². The maximum atomic E-state index is 5.86. The molecule has 3 heteroatoms. The Kier molecular flexibility index (Phi) is 4.53. The Morgan fingerprint density at radius 1 is 0.952 bits per heavy atom. The second-order valence-electron chi connectivity index (χ2n) is 5.33. The van der Waals surface area contributed by atoms with Crippen molar-refractivity contribution in [3.8, 4) is 5.75 Å². The summed E-state index contributed by atoms with van der Waals surface area (Å²) in [6, 6.07) is 18.3. The second-order valence-corrected chi connectivity index (χ2v) is 5.33. The van der Waals surface area contributed by atoms with E-state index in [0.29, 0.717) is 5.92 Å². The minimum atomic E-state index is -0.261. The summed E-state index contributed by atoms with van der Waals surface area (Å²) in [4.78, 5) is 0. The van der Waals surface area contributed by atoms with Crippen molar-refractivity contribution in [1.82, 2.24) is 0 Å². The van der Waals surface area contributed by atoms with Gasteiger partial charge in [-0.05, 0) is 24.1 Å². The van der Waals surface area contributed by atoms with Gasteiger partial charge in [0.15, 0.2) is 6.29 Å². The molecule has 3 nitrogen and oxygen atoms in total. The molecule has 1 aliphatic rings. The SMILES string of the molecule is COc1ccc(C2OCC(Cc3ccccc3)CO2)cc1. The van der Waals surface area contributed by atoms with Gasteiger partial charge in [0.25, 0.3) is 0 Å². The third kappa shape index (κ3) is 3.63. The van der Waals surface area contributed by atoms with Crippen molar-refractivity contribution in [3.05, 3.63) is 65.7 Å². The van der Waals surface area contributed by atoms with Crippen LogP contribution in [0.1, 0.15) is 17.4 Å². The van der Waals surface area contributed by atoms with Crippen LogP contribution in [0.3, 0.4) is 0 Å². The molecule has 0 amide bonds. The van der Waals surface area contributed by atoms with Crippen molar-refractivity contribution in [1.29, 1.82) is 0 Å². The van der Waals surface area contributed by atoms with Crippen molar-refractivity contribution < 1.29 is 14.2 Å². The van der Waals surface area contributed by atoms with Crippen molar-refractivity contribution in [2.75, 3.05) is 20.3 Å². The molecule has 0 bridgehead atoms. The molecule has 110 valence electrons. The minimum Gasteiger partial charge on any atom is -0.497 e. The molecule has 0 radical (unpaired) electrons. The minimum absolute atomic E-state index is 0.261. The molecular formula is C18H20O3. The molecule has 1 aliphatic heterocycles. The predicted molar refractivity (Wildman–Crippen MR) is 81.3 cm³/mol. The van der Waals surface area contributed by atoms with Gasteiger partial charge in [-0.2, -0.15) is 0 Å². The summed E-state index contributed by atoms with van der Waals surface area (Å²) in [5.74, 6) is 1.26. The van der Waals surface area contributed by atoms with E-state index in [2.05, 4.69) is 24.3 Å². The first-order valence-electron chi connectivity index (χ1n) is 7.26. The number of ether oxygens (including phenoxy) is 3. The highest BCUT2D eigenvalue weighted by molar-refractivity contribution is 5.28. The lowest BCUT2D eigenvalue weighted by Gasteiger charge is -2.29. The Bertz CT molecular complexity index is 542. The van der Waals surface area contributed by atoms with Crippen LogP contribution in [-0.2, 0) is 15.9 Å². The zero-order valence-corrected chi connectivity index (χ0v) is 12.2. The van der Waals surface area contributed by atoms with E-state index in [-0.39, 0.29) is 6.29 Å². The quantitative estimate of drug-likeness (QED) is 0.858. The fraction of sp³-hybridized carbons (Fsp3) is 0.333. The Hall–Kier alpha value is -1.84. The summed E-state index contributed by atoms with van der Waals surface area (Å²) in [7, 11) is 1.66. The molecule has 0 aromatic heterocycles. The monoisotopic (exact) mass is 284 g/mol. The normalized spacial score (nSPS) is 22.0. The average Bonchev–Trinajstić information content (AvgIpc) is 2.57. The Morgan fingerprint density at radius 2 is 1.62 bits per heavy atom. The number of methoxy groups -OCH3 is 1. The zero-order valence-electron chi connectivity index (χ0n) is 12.2. The molecule has 3 rings (SSSR count). The Labute approximate surface area is 125 Å². The lowest BCUT2D eigenvalue weighted by atomic mass is 10.0. The third-order valence-electron chi connectivity index (χ3n) is 3.72. The number of hydrogen-bond acceptors (Lipinski definition) is 3. The van der Waals surface area contributed by atoms with E-state index in [4.69, 9.17) is 14.2 Å². The fourth-order valence-electron chi connectivity index (χ4n) is 2.56. The predicted octanol–water partition coefficient (Wildman–Crippen LogP) is 3.60. The van der Waals surface area contributed by atoms with Crippen LogP contribution in [-0.4, -0.2) is 20.3 Å². The van der Waals surface area contributed by atoms with Gasteiger partial charge in [-0.1, -0.05) is 42.5 Å². The third-order valence-corrected chi connectivity index (χ3v) is 3.72. The van der Waals surface area contributed by atoms with E-state index >= 15 is 0 Å². The second kappa shape index (κ2) is 6.74. The molecule has 0 N–H and O–H groups in total. The smallest absolute Gasteiger partial charge is 0.183 e. The van der Waals surface area contributed by atoms with Crippen LogP contribution in [0.25, 0.3) is 0 Å². The molecule has 1 fully saturated rings. The highest BCUT2D eigenvalue weighted by atomic mass is 16.7. The van der Waals surface area contributed by atoms with Crippen molar-refractivity contribution in [2.24, 2.45) is 5.92 Å². The van der Waals surface area contributed by atoms with E-state index in [0.717, 1.165) is 30.9 Å². The number of benzene rings is 2. The van der Waals surface area contributed by atoms with Crippen LogP contribution in [0.2, 0.25) is 0 Å². The molecule has 2 aromatic carbocycles. The van der Waals surface area contributed by atoms with Gasteiger partial charge in [0.05, 0.1) is 20.3 Å². The van der Waals surface area contributed by atoms with E-state index in [1.807, 2.05) is 30.3 Å². The lowest BCUT2D eigenvalue weighted by Crippen LogP contribution is -2.28. The molecule has 0 atom stereocenters. The highest BCUT2D eigenvalue weighted by Crippen LogP contribution is 2.27. The summed E-state index contributed by atoms with van der Waals surface area (Å²) >= 11 is 0. The molecule has 1 saturated heterocycles. The van der Waals surface area contributed by atoms with Gasteiger partial charge in [0.2, 0.25) is 0 Å². The summed E-state index contributed by atoms with van der Waals surface area (Å²) in [6.07, 6.45) is 0.735. The van der Waals surface area contributed by atoms with E-state index in [9.17, 15) is 0 Å². The molecule has 2 aromatic rings. The van der Waals surface area contributed by atoms with Gasteiger partial charge < -0.3 is 14.2 Å². The van der Waals surface area contributed by atoms with Crippen molar-refractivity contribution in [3.63, 3.8) is 0 Å². The Morgan fingerprint density at radius 3 is 2.24 bits per heavy atom. The molecular weight excluding hydrogens is 264 g/mol. The first-order chi connectivity index (χ1) is 10.3. The number of rotatable bonds is 4. The van der Waals surface area contributed by atoms with Crippen molar-refractivity contribution >= 4 is 0 Å². The molecule has 0 saturated carbocycles. The van der Waals surface area contributed by atoms with Crippen LogP contribution in [0, 0.1) is 5.92 Å². The largest absolute Gasteiger partial charge is 0.497 e. The fourth-order valence-corrected chi connectivity index (χ4v) is 2.56. The van der Waals surface area contributed by atoms with Crippen molar-refractivity contribution in [2.45, 2.75) is 12.7 Å². The van der Waals surface area contributed by atoms with Gasteiger partial charge in [0.1, 0.15) is 5.75 Å². The van der Waals surface area contributed by atoms with Crippen LogP contribution in [0.4, 0.5) is 0 Å². The Balaban J connectivity index is 1.54. The molecule has 0 spiro atoms. The summed E-state index contributed by atoms with van der Waals surface area (Å²) in [6.45, 7) is 1.46. The number of hydrogen-bond donors (Lipinski definition) is 0. The first-order valence-corrected chi connectivity index (χ1v) is 7.26. The highest BCUT2D eigenvalue weighted by Gasteiger charge is 2.23. The summed E-state index contributed by atoms with van der Waals surface area (Å²) in [5.41, 5.74) is 2.37. The van der Waals surface area contributed by atoms with Crippen LogP contribution >= 0.6 is 0 Å². The van der Waals surface area contributed by atoms with Crippen LogP contribution in [0.5, 0.6) is 5.75 Å². The van der Waals surface area contributed by atoms with Crippen LogP contribution < -0.4 is 4.74 Å². The molecule has 21 heavy (non-hydrogen) atoms.